The van der Waals surface area contributed by atoms with E-state index >= 15 is 0 Å². The van der Waals surface area contributed by atoms with E-state index in [1.54, 1.807) is 24.4 Å². The van der Waals surface area contributed by atoms with Crippen molar-refractivity contribution in [3.05, 3.63) is 77.5 Å². The van der Waals surface area contributed by atoms with Crippen LogP contribution < -0.4 is 10.5 Å². The van der Waals surface area contributed by atoms with Crippen LogP contribution in [0.4, 0.5) is 0 Å². The summed E-state index contributed by atoms with van der Waals surface area (Å²) in [5, 5.41) is 0. The van der Waals surface area contributed by atoms with Gasteiger partial charge in [-0.25, -0.2) is 8.42 Å². The average Bonchev–Trinajstić information content (AvgIpc) is 2.66. The zero-order valence-corrected chi connectivity index (χ0v) is 16.4. The largest absolute Gasteiger partial charge is 0.489 e. The molecule has 2 aromatic carbocycles. The molecule has 0 aliphatic carbocycles. The number of hydrogen-bond acceptors (Lipinski definition) is 5. The zero-order chi connectivity index (χ0) is 20.3. The highest BCUT2D eigenvalue weighted by Gasteiger charge is 2.09. The molecule has 0 fully saturated rings. The summed E-state index contributed by atoms with van der Waals surface area (Å²) in [7, 11) is -3.23. The number of sulfone groups is 1. The predicted octanol–water partition coefficient (Wildman–Crippen LogP) is 3.14. The number of nitrogens with zero attached hydrogens (tertiary/aromatic N) is 1. The van der Waals surface area contributed by atoms with Gasteiger partial charge >= 0.3 is 0 Å². The third-order valence-corrected chi connectivity index (χ3v) is 5.40. The Labute approximate surface area is 163 Å². The Hall–Kier alpha value is -3.19. The number of carbonyl (C=O) groups excluding carboxylic acids is 1. The highest BCUT2D eigenvalue weighted by molar-refractivity contribution is 7.90. The number of amides is 1. The molecule has 0 spiro atoms. The van der Waals surface area contributed by atoms with Crippen LogP contribution in [0, 0.1) is 6.92 Å². The summed E-state index contributed by atoms with van der Waals surface area (Å²) in [6, 6.07) is 15.4. The monoisotopic (exact) mass is 396 g/mol. The maximum atomic E-state index is 11.5. The van der Waals surface area contributed by atoms with Gasteiger partial charge in [0.15, 0.2) is 9.84 Å². The van der Waals surface area contributed by atoms with E-state index in [1.165, 1.54) is 18.4 Å². The van der Waals surface area contributed by atoms with Crippen molar-refractivity contribution in [2.45, 2.75) is 18.4 Å². The van der Waals surface area contributed by atoms with E-state index < -0.39 is 15.7 Å². The van der Waals surface area contributed by atoms with Crippen molar-refractivity contribution < 1.29 is 17.9 Å². The van der Waals surface area contributed by atoms with Gasteiger partial charge in [0.1, 0.15) is 12.4 Å². The normalized spacial score (nSPS) is 11.2. The fraction of sp³-hybridized carbons (Fsp3) is 0.143. The molecule has 0 aliphatic rings. The molecule has 3 aromatic rings. The molecular formula is C21H20N2O4S. The fourth-order valence-corrected chi connectivity index (χ4v) is 3.40. The molecule has 0 aliphatic heterocycles. The van der Waals surface area contributed by atoms with Gasteiger partial charge in [-0.1, -0.05) is 6.07 Å². The molecule has 0 bridgehead atoms. The lowest BCUT2D eigenvalue weighted by molar-refractivity contribution is 0.0999. The highest BCUT2D eigenvalue weighted by Crippen LogP contribution is 2.22. The number of hydrogen-bond donors (Lipinski definition) is 1. The molecule has 144 valence electrons. The molecule has 28 heavy (non-hydrogen) atoms. The Bertz CT molecular complexity index is 1120. The minimum absolute atomic E-state index is 0.251. The number of rotatable bonds is 6. The van der Waals surface area contributed by atoms with E-state index in [4.69, 9.17) is 10.5 Å². The SMILES string of the molecule is Cc1cc(-c2cc(COc3ccc(S(C)(=O)=O)cc3)ccn2)ccc1C(N)=O. The third kappa shape index (κ3) is 4.55. The van der Waals surface area contributed by atoms with Crippen LogP contribution in [0.5, 0.6) is 5.75 Å². The summed E-state index contributed by atoms with van der Waals surface area (Å²) in [5.74, 6) is 0.119. The molecule has 7 heteroatoms. The van der Waals surface area contributed by atoms with E-state index in [9.17, 15) is 13.2 Å². The number of aromatic nitrogens is 1. The number of primary amides is 1. The molecule has 1 amide bonds. The van der Waals surface area contributed by atoms with E-state index in [0.29, 0.717) is 17.9 Å². The number of pyridine rings is 1. The number of carbonyl (C=O) groups is 1. The third-order valence-electron chi connectivity index (χ3n) is 4.27. The van der Waals surface area contributed by atoms with E-state index in [1.807, 2.05) is 31.2 Å². The summed E-state index contributed by atoms with van der Waals surface area (Å²) in [6.07, 6.45) is 2.86. The van der Waals surface area contributed by atoms with Gasteiger partial charge in [-0.05, 0) is 66.6 Å². The van der Waals surface area contributed by atoms with Crippen molar-refractivity contribution in [3.8, 4) is 17.0 Å². The molecule has 0 saturated carbocycles. The van der Waals surface area contributed by atoms with Gasteiger partial charge in [0.05, 0.1) is 10.6 Å². The second-order valence-corrected chi connectivity index (χ2v) is 8.49. The minimum Gasteiger partial charge on any atom is -0.489 e. The molecule has 3 rings (SSSR count). The Morgan fingerprint density at radius 3 is 2.39 bits per heavy atom. The van der Waals surface area contributed by atoms with Gasteiger partial charge in [0.2, 0.25) is 5.91 Å². The van der Waals surface area contributed by atoms with E-state index in [-0.39, 0.29) is 4.90 Å². The Kier molecular flexibility index (Phi) is 5.46. The summed E-state index contributed by atoms with van der Waals surface area (Å²) in [6.45, 7) is 2.14. The van der Waals surface area contributed by atoms with Gasteiger partial charge in [0.25, 0.3) is 0 Å². The van der Waals surface area contributed by atoms with Crippen molar-refractivity contribution in [1.29, 1.82) is 0 Å². The summed E-state index contributed by atoms with van der Waals surface area (Å²) < 4.78 is 28.8. The van der Waals surface area contributed by atoms with Gasteiger partial charge in [-0.3, -0.25) is 9.78 Å². The first-order valence-corrected chi connectivity index (χ1v) is 10.4. The highest BCUT2D eigenvalue weighted by atomic mass is 32.2. The molecule has 1 aromatic heterocycles. The van der Waals surface area contributed by atoms with Crippen LogP contribution in [0.1, 0.15) is 21.5 Å². The molecule has 6 nitrogen and oxygen atoms in total. The number of aryl methyl sites for hydroxylation is 1. The summed E-state index contributed by atoms with van der Waals surface area (Å²) >= 11 is 0. The summed E-state index contributed by atoms with van der Waals surface area (Å²) in [5.41, 5.74) is 9.17. The van der Waals surface area contributed by atoms with E-state index in [2.05, 4.69) is 4.98 Å². The van der Waals surface area contributed by atoms with Gasteiger partial charge < -0.3 is 10.5 Å². The molecular weight excluding hydrogens is 376 g/mol. The second-order valence-electron chi connectivity index (χ2n) is 6.48. The van der Waals surface area contributed by atoms with Crippen LogP contribution in [0.15, 0.2) is 65.7 Å². The second kappa shape index (κ2) is 7.82. The maximum absolute atomic E-state index is 11.5. The zero-order valence-electron chi connectivity index (χ0n) is 15.5. The number of ether oxygens (including phenoxy) is 1. The smallest absolute Gasteiger partial charge is 0.248 e. The van der Waals surface area contributed by atoms with Crippen molar-refractivity contribution >= 4 is 15.7 Å². The Balaban J connectivity index is 1.75. The lowest BCUT2D eigenvalue weighted by atomic mass is 10.0. The Morgan fingerprint density at radius 2 is 1.79 bits per heavy atom. The fourth-order valence-electron chi connectivity index (χ4n) is 2.77. The van der Waals surface area contributed by atoms with Gasteiger partial charge in [-0.2, -0.15) is 0 Å². The van der Waals surface area contributed by atoms with Crippen LogP contribution in [-0.4, -0.2) is 25.6 Å². The molecule has 1 heterocycles. The predicted molar refractivity (Wildman–Crippen MR) is 107 cm³/mol. The summed E-state index contributed by atoms with van der Waals surface area (Å²) in [4.78, 5) is 16.0. The molecule has 0 saturated heterocycles. The van der Waals surface area contributed by atoms with Crippen LogP contribution >= 0.6 is 0 Å². The van der Waals surface area contributed by atoms with Crippen LogP contribution in [0.3, 0.4) is 0 Å². The quantitative estimate of drug-likeness (QED) is 0.690. The van der Waals surface area contributed by atoms with Crippen molar-refractivity contribution in [2.24, 2.45) is 5.73 Å². The topological polar surface area (TPSA) is 99.3 Å². The van der Waals surface area contributed by atoms with Crippen LogP contribution in [-0.2, 0) is 16.4 Å². The van der Waals surface area contributed by atoms with Crippen molar-refractivity contribution in [3.63, 3.8) is 0 Å². The Morgan fingerprint density at radius 1 is 1.07 bits per heavy atom. The maximum Gasteiger partial charge on any atom is 0.248 e. The van der Waals surface area contributed by atoms with Crippen molar-refractivity contribution in [1.82, 2.24) is 4.98 Å². The first kappa shape index (κ1) is 19.6. The van der Waals surface area contributed by atoms with Crippen molar-refractivity contribution in [2.75, 3.05) is 6.26 Å². The standard InChI is InChI=1S/C21H20N2O4S/c1-14-11-16(3-8-19(14)21(22)24)20-12-15(9-10-23-20)13-27-17-4-6-18(7-5-17)28(2,25)26/h3-12H,13H2,1-2H3,(H2,22,24). The average molecular weight is 396 g/mol. The first-order valence-electron chi connectivity index (χ1n) is 8.53. The molecule has 0 atom stereocenters. The lowest BCUT2D eigenvalue weighted by Crippen LogP contribution is -2.12. The first-order chi connectivity index (χ1) is 13.2. The van der Waals surface area contributed by atoms with Crippen LogP contribution in [0.2, 0.25) is 0 Å². The minimum atomic E-state index is -3.23. The molecule has 2 N–H and O–H groups in total. The van der Waals surface area contributed by atoms with E-state index in [0.717, 1.165) is 22.4 Å². The van der Waals surface area contributed by atoms with Crippen LogP contribution in [0.25, 0.3) is 11.3 Å². The number of benzene rings is 2. The number of nitrogens with two attached hydrogens (primary N) is 1. The van der Waals surface area contributed by atoms with Gasteiger partial charge in [-0.15, -0.1) is 0 Å². The molecule has 0 unspecified atom stereocenters. The van der Waals surface area contributed by atoms with Gasteiger partial charge in [0, 0.05) is 23.6 Å². The lowest BCUT2D eigenvalue weighted by Gasteiger charge is -2.09. The molecule has 0 radical (unpaired) electrons.